The molecule has 7 heteroatoms. The molecule has 0 spiro atoms. The van der Waals surface area contributed by atoms with E-state index >= 15 is 0 Å². The van der Waals surface area contributed by atoms with Gasteiger partial charge in [-0.25, -0.2) is 4.79 Å². The SMILES string of the molecule is O=C(COC(=O)c1ccccc1Cl)NCCSc1ccc(Cl)cc1. The van der Waals surface area contributed by atoms with Crippen molar-refractivity contribution in [3.63, 3.8) is 0 Å². The minimum Gasteiger partial charge on any atom is -0.452 e. The maximum Gasteiger partial charge on any atom is 0.340 e. The molecule has 0 radical (unpaired) electrons. The summed E-state index contributed by atoms with van der Waals surface area (Å²) in [6.45, 7) is 0.130. The maximum absolute atomic E-state index is 11.8. The Morgan fingerprint density at radius 2 is 1.75 bits per heavy atom. The Balaban J connectivity index is 1.65. The van der Waals surface area contributed by atoms with E-state index in [-0.39, 0.29) is 18.1 Å². The minimum absolute atomic E-state index is 0.241. The minimum atomic E-state index is -0.619. The van der Waals surface area contributed by atoms with Crippen LogP contribution in [0.3, 0.4) is 0 Å². The highest BCUT2D eigenvalue weighted by Crippen LogP contribution is 2.19. The van der Waals surface area contributed by atoms with Gasteiger partial charge in [0.05, 0.1) is 10.6 Å². The first-order chi connectivity index (χ1) is 11.6. The van der Waals surface area contributed by atoms with Gasteiger partial charge in [-0.2, -0.15) is 0 Å². The van der Waals surface area contributed by atoms with Gasteiger partial charge in [0.15, 0.2) is 6.61 Å². The summed E-state index contributed by atoms with van der Waals surface area (Å²) in [4.78, 5) is 24.6. The number of halogens is 2. The van der Waals surface area contributed by atoms with Gasteiger partial charge in [-0.3, -0.25) is 4.79 Å². The van der Waals surface area contributed by atoms with E-state index in [1.165, 1.54) is 0 Å². The molecule has 2 aromatic rings. The molecule has 2 aromatic carbocycles. The molecule has 1 N–H and O–H groups in total. The molecule has 4 nitrogen and oxygen atoms in total. The lowest BCUT2D eigenvalue weighted by Crippen LogP contribution is -2.30. The Kier molecular flexibility index (Phi) is 7.43. The van der Waals surface area contributed by atoms with E-state index in [0.717, 1.165) is 4.90 Å². The average Bonchev–Trinajstić information content (AvgIpc) is 2.58. The fraction of sp³-hybridized carbons (Fsp3) is 0.176. The Morgan fingerprint density at radius 1 is 1.04 bits per heavy atom. The van der Waals surface area contributed by atoms with E-state index in [2.05, 4.69) is 5.32 Å². The second-order valence-electron chi connectivity index (χ2n) is 4.71. The van der Waals surface area contributed by atoms with Gasteiger partial charge in [0, 0.05) is 22.2 Å². The molecule has 2 rings (SSSR count). The van der Waals surface area contributed by atoms with Gasteiger partial charge < -0.3 is 10.1 Å². The molecule has 126 valence electrons. The van der Waals surface area contributed by atoms with E-state index in [1.807, 2.05) is 24.3 Å². The second kappa shape index (κ2) is 9.57. The normalized spacial score (nSPS) is 10.2. The standard InChI is InChI=1S/C17H15Cl2NO3S/c18-12-5-7-13(8-6-12)24-10-9-20-16(21)11-23-17(22)14-3-1-2-4-15(14)19/h1-8H,9-11H2,(H,20,21). The monoisotopic (exact) mass is 383 g/mol. The molecule has 0 saturated heterocycles. The van der Waals surface area contributed by atoms with Gasteiger partial charge >= 0.3 is 5.97 Å². The highest BCUT2D eigenvalue weighted by atomic mass is 35.5. The Bertz CT molecular complexity index is 707. The van der Waals surface area contributed by atoms with Crippen molar-refractivity contribution in [1.82, 2.24) is 5.32 Å². The summed E-state index contributed by atoms with van der Waals surface area (Å²) in [6, 6.07) is 14.0. The van der Waals surface area contributed by atoms with Gasteiger partial charge in [-0.1, -0.05) is 35.3 Å². The van der Waals surface area contributed by atoms with Crippen LogP contribution in [0.25, 0.3) is 0 Å². The van der Waals surface area contributed by atoms with Crippen LogP contribution in [-0.2, 0) is 9.53 Å². The van der Waals surface area contributed by atoms with Crippen LogP contribution in [0.2, 0.25) is 10.0 Å². The summed E-state index contributed by atoms with van der Waals surface area (Å²) < 4.78 is 4.94. The molecule has 0 heterocycles. The smallest absolute Gasteiger partial charge is 0.340 e. The summed E-state index contributed by atoms with van der Waals surface area (Å²) in [5.74, 6) is -0.273. The van der Waals surface area contributed by atoms with E-state index in [0.29, 0.717) is 22.3 Å². The summed E-state index contributed by atoms with van der Waals surface area (Å²) in [5.41, 5.74) is 0.241. The van der Waals surface area contributed by atoms with Crippen LogP contribution < -0.4 is 5.32 Å². The van der Waals surface area contributed by atoms with Gasteiger partial charge in [0.2, 0.25) is 0 Å². The Labute approximate surface area is 154 Å². The van der Waals surface area contributed by atoms with Gasteiger partial charge in [-0.15, -0.1) is 11.8 Å². The molecule has 0 bridgehead atoms. The third-order valence-electron chi connectivity index (χ3n) is 2.93. The Morgan fingerprint density at radius 3 is 2.46 bits per heavy atom. The molecule has 0 unspecified atom stereocenters. The van der Waals surface area contributed by atoms with E-state index in [1.54, 1.807) is 36.0 Å². The van der Waals surface area contributed by atoms with Crippen LogP contribution in [0.1, 0.15) is 10.4 Å². The Hall–Kier alpha value is -1.69. The van der Waals surface area contributed by atoms with Crippen LogP contribution in [0, 0.1) is 0 Å². The third kappa shape index (κ3) is 6.07. The van der Waals surface area contributed by atoms with Crippen LogP contribution in [0.4, 0.5) is 0 Å². The van der Waals surface area contributed by atoms with Crippen LogP contribution in [0.5, 0.6) is 0 Å². The number of thioether (sulfide) groups is 1. The highest BCUT2D eigenvalue weighted by molar-refractivity contribution is 7.99. The summed E-state index contributed by atoms with van der Waals surface area (Å²) in [5, 5.41) is 3.67. The first kappa shape index (κ1) is 18.6. The van der Waals surface area contributed by atoms with Crippen molar-refractivity contribution in [2.45, 2.75) is 4.90 Å². The number of benzene rings is 2. The molecule has 24 heavy (non-hydrogen) atoms. The largest absolute Gasteiger partial charge is 0.452 e. The third-order valence-corrected chi connectivity index (χ3v) is 4.53. The number of carbonyl (C=O) groups is 2. The number of esters is 1. The number of rotatable bonds is 7. The second-order valence-corrected chi connectivity index (χ2v) is 6.72. The van der Waals surface area contributed by atoms with Crippen LogP contribution in [0.15, 0.2) is 53.4 Å². The summed E-state index contributed by atoms with van der Waals surface area (Å²) in [7, 11) is 0. The van der Waals surface area contributed by atoms with Gasteiger partial charge in [0.25, 0.3) is 5.91 Å². The lowest BCUT2D eigenvalue weighted by molar-refractivity contribution is -0.124. The van der Waals surface area contributed by atoms with Gasteiger partial charge in [0.1, 0.15) is 0 Å². The fourth-order valence-electron chi connectivity index (χ4n) is 1.78. The van der Waals surface area contributed by atoms with E-state index < -0.39 is 5.97 Å². The van der Waals surface area contributed by atoms with Crippen molar-refractivity contribution in [2.75, 3.05) is 18.9 Å². The first-order valence-electron chi connectivity index (χ1n) is 7.13. The quantitative estimate of drug-likeness (QED) is 0.444. The molecule has 0 aromatic heterocycles. The fourth-order valence-corrected chi connectivity index (χ4v) is 2.88. The predicted molar refractivity (Wildman–Crippen MR) is 96.9 cm³/mol. The lowest BCUT2D eigenvalue weighted by Gasteiger charge is -2.07. The molecular weight excluding hydrogens is 369 g/mol. The van der Waals surface area contributed by atoms with Crippen molar-refractivity contribution in [3.8, 4) is 0 Å². The zero-order valence-corrected chi connectivity index (χ0v) is 15.0. The number of amides is 1. The number of ether oxygens (including phenoxy) is 1. The molecule has 1 amide bonds. The topological polar surface area (TPSA) is 55.4 Å². The number of hydrogen-bond donors (Lipinski definition) is 1. The maximum atomic E-state index is 11.8. The number of carbonyl (C=O) groups excluding carboxylic acids is 2. The molecule has 0 aliphatic carbocycles. The predicted octanol–water partition coefficient (Wildman–Crippen LogP) is 4.06. The van der Waals surface area contributed by atoms with Crippen molar-refractivity contribution in [2.24, 2.45) is 0 Å². The highest BCUT2D eigenvalue weighted by Gasteiger charge is 2.12. The van der Waals surface area contributed by atoms with Gasteiger partial charge in [-0.05, 0) is 36.4 Å². The average molecular weight is 384 g/mol. The number of nitrogens with one attached hydrogen (secondary N) is 1. The van der Waals surface area contributed by atoms with Crippen molar-refractivity contribution < 1.29 is 14.3 Å². The van der Waals surface area contributed by atoms with Crippen molar-refractivity contribution in [1.29, 1.82) is 0 Å². The molecule has 0 atom stereocenters. The van der Waals surface area contributed by atoms with E-state index in [9.17, 15) is 9.59 Å². The van der Waals surface area contributed by atoms with Crippen molar-refractivity contribution in [3.05, 3.63) is 64.1 Å². The summed E-state index contributed by atoms with van der Waals surface area (Å²) in [6.07, 6.45) is 0. The lowest BCUT2D eigenvalue weighted by atomic mass is 10.2. The molecule has 0 aliphatic rings. The first-order valence-corrected chi connectivity index (χ1v) is 8.87. The zero-order valence-electron chi connectivity index (χ0n) is 12.6. The van der Waals surface area contributed by atoms with Crippen LogP contribution in [-0.4, -0.2) is 30.8 Å². The molecule has 0 fully saturated rings. The van der Waals surface area contributed by atoms with Crippen molar-refractivity contribution >= 4 is 46.8 Å². The van der Waals surface area contributed by atoms with E-state index in [4.69, 9.17) is 27.9 Å². The zero-order chi connectivity index (χ0) is 17.4. The number of hydrogen-bond acceptors (Lipinski definition) is 4. The summed E-state index contributed by atoms with van der Waals surface area (Å²) >= 11 is 13.3. The molecule has 0 aliphatic heterocycles. The van der Waals surface area contributed by atoms with Crippen LogP contribution >= 0.6 is 35.0 Å². The molecule has 0 saturated carbocycles. The molecular formula is C17H15Cl2NO3S.